The van der Waals surface area contributed by atoms with E-state index in [0.29, 0.717) is 5.75 Å². The zero-order chi connectivity index (χ0) is 16.5. The molecule has 120 valence electrons. The van der Waals surface area contributed by atoms with E-state index in [1.54, 1.807) is 6.07 Å². The number of alkyl carbamates (subject to hydrolysis) is 1. The van der Waals surface area contributed by atoms with Gasteiger partial charge in [-0.2, -0.15) is 0 Å². The van der Waals surface area contributed by atoms with Gasteiger partial charge < -0.3 is 14.2 Å². The summed E-state index contributed by atoms with van der Waals surface area (Å²) in [5, 5.41) is 1.92. The molecular weight excluding hydrogens is 290 g/mol. The lowest BCUT2D eigenvalue weighted by Crippen LogP contribution is -2.39. The highest BCUT2D eigenvalue weighted by Gasteiger charge is 2.20. The Hall–Kier alpha value is -2.57. The van der Waals surface area contributed by atoms with Crippen molar-refractivity contribution in [3.05, 3.63) is 29.8 Å². The van der Waals surface area contributed by atoms with E-state index >= 15 is 0 Å². The molecule has 0 aliphatic heterocycles. The fourth-order valence-electron chi connectivity index (χ4n) is 1.53. The predicted octanol–water partition coefficient (Wildman–Crippen LogP) is 1.58. The first kappa shape index (κ1) is 17.5. The van der Waals surface area contributed by atoms with E-state index in [9.17, 15) is 14.4 Å². The first-order valence-electron chi connectivity index (χ1n) is 6.70. The third kappa shape index (κ3) is 5.82. The molecule has 0 fully saturated rings. The quantitative estimate of drug-likeness (QED) is 0.802. The standard InChI is InChI=1S/C15H19NO6/c1-10-6-4-5-7-12(10)21-9-8-13(17)22-11(2)14(18)16-15(19)20-3/h4-7,11H,8-9H2,1-3H3,(H,16,18,19)/t11-/m1/s1. The predicted molar refractivity (Wildman–Crippen MR) is 77.4 cm³/mol. The van der Waals surface area contributed by atoms with Crippen LogP contribution in [0.15, 0.2) is 24.3 Å². The Morgan fingerprint density at radius 2 is 1.91 bits per heavy atom. The molecule has 22 heavy (non-hydrogen) atoms. The molecule has 0 unspecified atom stereocenters. The van der Waals surface area contributed by atoms with Crippen LogP contribution in [0, 0.1) is 6.92 Å². The Morgan fingerprint density at radius 1 is 1.23 bits per heavy atom. The summed E-state index contributed by atoms with van der Waals surface area (Å²) in [6.45, 7) is 3.39. The average molecular weight is 309 g/mol. The highest BCUT2D eigenvalue weighted by atomic mass is 16.6. The van der Waals surface area contributed by atoms with Crippen LogP contribution < -0.4 is 10.1 Å². The van der Waals surface area contributed by atoms with Crippen LogP contribution in [0.5, 0.6) is 5.75 Å². The SMILES string of the molecule is COC(=O)NC(=O)[C@@H](C)OC(=O)CCOc1ccccc1C. The van der Waals surface area contributed by atoms with E-state index in [2.05, 4.69) is 4.74 Å². The van der Waals surface area contributed by atoms with Gasteiger partial charge in [0.2, 0.25) is 0 Å². The fraction of sp³-hybridized carbons (Fsp3) is 0.400. The fourth-order valence-corrected chi connectivity index (χ4v) is 1.53. The molecule has 0 aliphatic carbocycles. The van der Waals surface area contributed by atoms with Crippen LogP contribution in [0.3, 0.4) is 0 Å². The van der Waals surface area contributed by atoms with Gasteiger partial charge in [0.05, 0.1) is 20.1 Å². The Kier molecular flexibility index (Phi) is 6.88. The summed E-state index contributed by atoms with van der Waals surface area (Å²) in [4.78, 5) is 33.9. The van der Waals surface area contributed by atoms with Crippen LogP contribution in [-0.2, 0) is 19.1 Å². The summed E-state index contributed by atoms with van der Waals surface area (Å²) in [7, 11) is 1.13. The van der Waals surface area contributed by atoms with Gasteiger partial charge in [0.1, 0.15) is 5.75 Å². The van der Waals surface area contributed by atoms with Gasteiger partial charge in [-0.15, -0.1) is 0 Å². The van der Waals surface area contributed by atoms with Crippen molar-refractivity contribution >= 4 is 18.0 Å². The van der Waals surface area contributed by atoms with Gasteiger partial charge in [-0.25, -0.2) is 4.79 Å². The number of ether oxygens (including phenoxy) is 3. The minimum atomic E-state index is -1.09. The number of rotatable bonds is 6. The first-order valence-corrected chi connectivity index (χ1v) is 6.70. The van der Waals surface area contributed by atoms with Crippen molar-refractivity contribution < 1.29 is 28.6 Å². The van der Waals surface area contributed by atoms with E-state index in [4.69, 9.17) is 9.47 Å². The molecule has 1 aromatic carbocycles. The maximum absolute atomic E-state index is 11.6. The molecular formula is C15H19NO6. The number of esters is 1. The maximum atomic E-state index is 11.6. The normalized spacial score (nSPS) is 11.2. The minimum Gasteiger partial charge on any atom is -0.493 e. The lowest BCUT2D eigenvalue weighted by molar-refractivity contribution is -0.155. The number of benzene rings is 1. The summed E-state index contributed by atoms with van der Waals surface area (Å²) in [6.07, 6.45) is -2.01. The number of carbonyl (C=O) groups is 3. The second-order valence-electron chi connectivity index (χ2n) is 4.48. The van der Waals surface area contributed by atoms with E-state index in [0.717, 1.165) is 12.7 Å². The third-order valence-electron chi connectivity index (χ3n) is 2.75. The second-order valence-corrected chi connectivity index (χ2v) is 4.48. The van der Waals surface area contributed by atoms with Crippen molar-refractivity contribution in [1.82, 2.24) is 5.32 Å². The Balaban J connectivity index is 2.32. The number of nitrogens with one attached hydrogen (secondary N) is 1. The smallest absolute Gasteiger partial charge is 0.413 e. The first-order chi connectivity index (χ1) is 10.4. The van der Waals surface area contributed by atoms with Gasteiger partial charge in [-0.3, -0.25) is 14.9 Å². The van der Waals surface area contributed by atoms with Gasteiger partial charge in [0, 0.05) is 0 Å². The zero-order valence-corrected chi connectivity index (χ0v) is 12.8. The molecule has 0 spiro atoms. The molecule has 0 aliphatic rings. The number of hydrogen-bond acceptors (Lipinski definition) is 6. The van der Waals surface area contributed by atoms with Crippen LogP contribution in [-0.4, -0.2) is 37.8 Å². The third-order valence-corrected chi connectivity index (χ3v) is 2.75. The van der Waals surface area contributed by atoms with Crippen molar-refractivity contribution in [1.29, 1.82) is 0 Å². The molecule has 0 saturated carbocycles. The number of carbonyl (C=O) groups excluding carboxylic acids is 3. The van der Waals surface area contributed by atoms with Crippen LogP contribution in [0.4, 0.5) is 4.79 Å². The van der Waals surface area contributed by atoms with E-state index < -0.39 is 24.1 Å². The van der Waals surface area contributed by atoms with Crippen LogP contribution in [0.2, 0.25) is 0 Å². The van der Waals surface area contributed by atoms with Gasteiger partial charge in [0.25, 0.3) is 5.91 Å². The molecule has 1 atom stereocenters. The molecule has 2 amide bonds. The zero-order valence-electron chi connectivity index (χ0n) is 12.8. The number of imide groups is 1. The van der Waals surface area contributed by atoms with Crippen LogP contribution in [0.25, 0.3) is 0 Å². The molecule has 7 nitrogen and oxygen atoms in total. The molecule has 0 radical (unpaired) electrons. The van der Waals surface area contributed by atoms with E-state index in [1.807, 2.05) is 30.4 Å². The van der Waals surface area contributed by atoms with Crippen molar-refractivity contribution in [3.63, 3.8) is 0 Å². The lowest BCUT2D eigenvalue weighted by Gasteiger charge is -2.13. The number of amides is 2. The Bertz CT molecular complexity index is 543. The molecule has 1 rings (SSSR count). The second kappa shape index (κ2) is 8.66. The molecule has 0 saturated heterocycles. The molecule has 1 aromatic rings. The monoisotopic (exact) mass is 309 g/mol. The van der Waals surface area contributed by atoms with Gasteiger partial charge in [-0.05, 0) is 25.5 Å². The summed E-state index contributed by atoms with van der Waals surface area (Å²) in [5.41, 5.74) is 0.960. The van der Waals surface area contributed by atoms with Gasteiger partial charge >= 0.3 is 12.1 Å². The highest BCUT2D eigenvalue weighted by Crippen LogP contribution is 2.16. The summed E-state index contributed by atoms with van der Waals surface area (Å²) >= 11 is 0. The van der Waals surface area contributed by atoms with Crippen LogP contribution in [0.1, 0.15) is 18.9 Å². The molecule has 7 heteroatoms. The van der Waals surface area contributed by atoms with E-state index in [-0.39, 0.29) is 13.0 Å². The molecule has 1 N–H and O–H groups in total. The summed E-state index contributed by atoms with van der Waals surface area (Å²) in [5.74, 6) is -0.659. The average Bonchev–Trinajstić information content (AvgIpc) is 2.48. The van der Waals surface area contributed by atoms with Gasteiger partial charge in [-0.1, -0.05) is 18.2 Å². The summed E-state index contributed by atoms with van der Waals surface area (Å²) in [6, 6.07) is 7.41. The molecule has 0 aromatic heterocycles. The molecule has 0 heterocycles. The number of aryl methyl sites for hydroxylation is 1. The molecule has 0 bridgehead atoms. The Labute approximate surface area is 128 Å². The number of hydrogen-bond donors (Lipinski definition) is 1. The largest absolute Gasteiger partial charge is 0.493 e. The number of methoxy groups -OCH3 is 1. The van der Waals surface area contributed by atoms with Crippen LogP contribution >= 0.6 is 0 Å². The lowest BCUT2D eigenvalue weighted by atomic mass is 10.2. The topological polar surface area (TPSA) is 90.9 Å². The number of para-hydroxylation sites is 1. The van der Waals surface area contributed by atoms with Crippen molar-refractivity contribution in [2.45, 2.75) is 26.4 Å². The Morgan fingerprint density at radius 3 is 2.55 bits per heavy atom. The van der Waals surface area contributed by atoms with Crippen molar-refractivity contribution in [3.8, 4) is 5.75 Å². The van der Waals surface area contributed by atoms with E-state index in [1.165, 1.54) is 6.92 Å². The maximum Gasteiger partial charge on any atom is 0.413 e. The summed E-state index contributed by atoms with van der Waals surface area (Å²) < 4.78 is 14.6. The van der Waals surface area contributed by atoms with Crippen molar-refractivity contribution in [2.24, 2.45) is 0 Å². The highest BCUT2D eigenvalue weighted by molar-refractivity contribution is 5.94. The van der Waals surface area contributed by atoms with Crippen molar-refractivity contribution in [2.75, 3.05) is 13.7 Å². The van der Waals surface area contributed by atoms with Gasteiger partial charge in [0.15, 0.2) is 6.10 Å². The minimum absolute atomic E-state index is 0.00974.